The van der Waals surface area contributed by atoms with Gasteiger partial charge in [-0.3, -0.25) is 9.89 Å². The molecule has 0 saturated carbocycles. The molecule has 0 spiro atoms. The van der Waals surface area contributed by atoms with Gasteiger partial charge >= 0.3 is 0 Å². The van der Waals surface area contributed by atoms with Crippen LogP contribution in [0.5, 0.6) is 0 Å². The molecule has 1 fully saturated rings. The van der Waals surface area contributed by atoms with Crippen molar-refractivity contribution in [2.24, 2.45) is 0 Å². The number of likely N-dealkylation sites (tertiary alicyclic amines) is 1. The summed E-state index contributed by atoms with van der Waals surface area (Å²) in [4.78, 5) is 14.2. The molecule has 1 aromatic carbocycles. The standard InChI is InChI=1S/C15H16FN3O2/c1-9-13(7-17-18-9)15(21)19-8-12(20)6-14(19)10-3-2-4-11(16)5-10/h2-5,7,12,14,20H,6,8H2,1H3,(H,17,18)/t12-,14+/m1/s1. The fourth-order valence-corrected chi connectivity index (χ4v) is 2.79. The number of hydrogen-bond donors (Lipinski definition) is 2. The van der Waals surface area contributed by atoms with Gasteiger partial charge in [-0.2, -0.15) is 5.10 Å². The van der Waals surface area contributed by atoms with Crippen molar-refractivity contribution in [3.8, 4) is 0 Å². The van der Waals surface area contributed by atoms with Gasteiger partial charge in [0.25, 0.3) is 5.91 Å². The molecule has 0 aliphatic carbocycles. The van der Waals surface area contributed by atoms with E-state index >= 15 is 0 Å². The number of aliphatic hydroxyl groups excluding tert-OH is 1. The molecule has 6 heteroatoms. The zero-order chi connectivity index (χ0) is 15.0. The predicted octanol–water partition coefficient (Wildman–Crippen LogP) is 1.81. The molecule has 3 rings (SSSR count). The van der Waals surface area contributed by atoms with Gasteiger partial charge in [-0.25, -0.2) is 4.39 Å². The molecule has 1 aliphatic rings. The average Bonchev–Trinajstić information content (AvgIpc) is 3.04. The molecule has 1 aliphatic heterocycles. The minimum atomic E-state index is -0.602. The molecule has 2 aromatic rings. The maximum atomic E-state index is 13.4. The molecule has 0 radical (unpaired) electrons. The van der Waals surface area contributed by atoms with Gasteiger partial charge in [0, 0.05) is 12.2 Å². The third-order valence-corrected chi connectivity index (χ3v) is 3.83. The summed E-state index contributed by atoms with van der Waals surface area (Å²) in [7, 11) is 0. The summed E-state index contributed by atoms with van der Waals surface area (Å²) in [5.41, 5.74) is 1.85. The van der Waals surface area contributed by atoms with Crippen LogP contribution >= 0.6 is 0 Å². The van der Waals surface area contributed by atoms with Gasteiger partial charge < -0.3 is 10.0 Å². The molecule has 2 N–H and O–H groups in total. The van der Waals surface area contributed by atoms with Gasteiger partial charge in [-0.1, -0.05) is 12.1 Å². The zero-order valence-electron chi connectivity index (χ0n) is 11.6. The van der Waals surface area contributed by atoms with E-state index in [2.05, 4.69) is 10.2 Å². The number of nitrogens with one attached hydrogen (secondary N) is 1. The number of β-amino-alcohol motifs (C(OH)–C–C–N with tert-alkyl or cyclic N) is 1. The van der Waals surface area contributed by atoms with Crippen LogP contribution in [-0.4, -0.2) is 38.8 Å². The lowest BCUT2D eigenvalue weighted by Crippen LogP contribution is -2.32. The van der Waals surface area contributed by atoms with Crippen molar-refractivity contribution in [1.29, 1.82) is 0 Å². The van der Waals surface area contributed by atoms with Crippen molar-refractivity contribution in [2.45, 2.75) is 25.5 Å². The molecule has 1 saturated heterocycles. The second-order valence-electron chi connectivity index (χ2n) is 5.33. The maximum absolute atomic E-state index is 13.4. The number of hydrogen-bond acceptors (Lipinski definition) is 3. The van der Waals surface area contributed by atoms with Gasteiger partial charge in [0.1, 0.15) is 5.82 Å². The van der Waals surface area contributed by atoms with Crippen LogP contribution < -0.4 is 0 Å². The van der Waals surface area contributed by atoms with Crippen molar-refractivity contribution in [2.75, 3.05) is 6.54 Å². The van der Waals surface area contributed by atoms with Crippen molar-refractivity contribution in [3.05, 3.63) is 53.1 Å². The number of nitrogens with zero attached hydrogens (tertiary/aromatic N) is 2. The van der Waals surface area contributed by atoms with Crippen LogP contribution in [0.3, 0.4) is 0 Å². The Kier molecular flexibility index (Phi) is 3.47. The van der Waals surface area contributed by atoms with E-state index in [4.69, 9.17) is 0 Å². The lowest BCUT2D eigenvalue weighted by atomic mass is 10.0. The molecular weight excluding hydrogens is 273 g/mol. The van der Waals surface area contributed by atoms with Crippen LogP contribution in [0.25, 0.3) is 0 Å². The normalized spacial score (nSPS) is 21.8. The Morgan fingerprint density at radius 1 is 1.52 bits per heavy atom. The third kappa shape index (κ3) is 2.54. The van der Waals surface area contributed by atoms with E-state index in [1.54, 1.807) is 24.0 Å². The fourth-order valence-electron chi connectivity index (χ4n) is 2.79. The molecule has 110 valence electrons. The Labute approximate surface area is 121 Å². The number of carbonyl (C=O) groups is 1. The first kappa shape index (κ1) is 13.8. The van der Waals surface area contributed by atoms with E-state index in [9.17, 15) is 14.3 Å². The van der Waals surface area contributed by atoms with Crippen LogP contribution in [0.15, 0.2) is 30.5 Å². The molecular formula is C15H16FN3O2. The lowest BCUT2D eigenvalue weighted by Gasteiger charge is -2.24. The van der Waals surface area contributed by atoms with E-state index in [1.165, 1.54) is 18.3 Å². The quantitative estimate of drug-likeness (QED) is 0.886. The zero-order valence-corrected chi connectivity index (χ0v) is 11.6. The number of benzene rings is 1. The predicted molar refractivity (Wildman–Crippen MR) is 74.1 cm³/mol. The van der Waals surface area contributed by atoms with Crippen molar-refractivity contribution >= 4 is 5.91 Å². The number of rotatable bonds is 2. The summed E-state index contributed by atoms with van der Waals surface area (Å²) in [6.45, 7) is 2.01. The number of aromatic nitrogens is 2. The lowest BCUT2D eigenvalue weighted by molar-refractivity contribution is 0.0715. The Morgan fingerprint density at radius 3 is 3.00 bits per heavy atom. The van der Waals surface area contributed by atoms with E-state index in [1.807, 2.05) is 0 Å². The van der Waals surface area contributed by atoms with Crippen molar-refractivity contribution < 1.29 is 14.3 Å². The average molecular weight is 289 g/mol. The summed E-state index contributed by atoms with van der Waals surface area (Å²) in [6.07, 6.45) is 1.28. The minimum absolute atomic E-state index is 0.202. The van der Waals surface area contributed by atoms with Gasteiger partial charge in [-0.05, 0) is 31.0 Å². The van der Waals surface area contributed by atoms with E-state index in [-0.39, 0.29) is 24.3 Å². The van der Waals surface area contributed by atoms with Crippen LogP contribution in [0.2, 0.25) is 0 Å². The topological polar surface area (TPSA) is 69.2 Å². The van der Waals surface area contributed by atoms with Crippen LogP contribution in [0, 0.1) is 12.7 Å². The molecule has 1 amide bonds. The largest absolute Gasteiger partial charge is 0.391 e. The van der Waals surface area contributed by atoms with Crippen molar-refractivity contribution in [1.82, 2.24) is 15.1 Å². The van der Waals surface area contributed by atoms with Crippen LogP contribution in [0.1, 0.15) is 34.1 Å². The molecule has 5 nitrogen and oxygen atoms in total. The Morgan fingerprint density at radius 2 is 2.33 bits per heavy atom. The van der Waals surface area contributed by atoms with Gasteiger partial charge in [0.2, 0.25) is 0 Å². The molecule has 0 unspecified atom stereocenters. The first-order chi connectivity index (χ1) is 10.1. The second-order valence-corrected chi connectivity index (χ2v) is 5.33. The molecule has 21 heavy (non-hydrogen) atoms. The number of aryl methyl sites for hydroxylation is 1. The van der Waals surface area contributed by atoms with E-state index in [0.29, 0.717) is 23.2 Å². The number of halogens is 1. The maximum Gasteiger partial charge on any atom is 0.257 e. The number of aliphatic hydroxyl groups is 1. The summed E-state index contributed by atoms with van der Waals surface area (Å²) >= 11 is 0. The molecule has 2 heterocycles. The Bertz CT molecular complexity index is 670. The fraction of sp³-hybridized carbons (Fsp3) is 0.333. The van der Waals surface area contributed by atoms with Gasteiger partial charge in [0.05, 0.1) is 23.9 Å². The highest BCUT2D eigenvalue weighted by Gasteiger charge is 2.36. The number of H-pyrrole nitrogens is 1. The van der Waals surface area contributed by atoms with Crippen molar-refractivity contribution in [3.63, 3.8) is 0 Å². The number of carbonyl (C=O) groups excluding carboxylic acids is 1. The van der Waals surface area contributed by atoms with Crippen LogP contribution in [-0.2, 0) is 0 Å². The highest BCUT2D eigenvalue weighted by molar-refractivity contribution is 5.95. The SMILES string of the molecule is Cc1[nH]ncc1C(=O)N1C[C@H](O)C[C@H]1c1cccc(F)c1. The van der Waals surface area contributed by atoms with Gasteiger partial charge in [0.15, 0.2) is 0 Å². The van der Waals surface area contributed by atoms with Crippen LogP contribution in [0.4, 0.5) is 4.39 Å². The summed E-state index contributed by atoms with van der Waals surface area (Å²) < 4.78 is 13.4. The number of aromatic amines is 1. The minimum Gasteiger partial charge on any atom is -0.391 e. The highest BCUT2D eigenvalue weighted by Crippen LogP contribution is 2.33. The first-order valence-electron chi connectivity index (χ1n) is 6.80. The first-order valence-corrected chi connectivity index (χ1v) is 6.80. The monoisotopic (exact) mass is 289 g/mol. The smallest absolute Gasteiger partial charge is 0.257 e. The second kappa shape index (κ2) is 5.29. The molecule has 0 bridgehead atoms. The Balaban J connectivity index is 1.93. The van der Waals surface area contributed by atoms with Gasteiger partial charge in [-0.15, -0.1) is 0 Å². The molecule has 1 aromatic heterocycles. The highest BCUT2D eigenvalue weighted by atomic mass is 19.1. The summed E-state index contributed by atoms with van der Waals surface area (Å²) in [5, 5.41) is 16.5. The third-order valence-electron chi connectivity index (χ3n) is 3.83. The Hall–Kier alpha value is -2.21. The summed E-state index contributed by atoms with van der Waals surface area (Å²) in [5.74, 6) is -0.548. The summed E-state index contributed by atoms with van der Waals surface area (Å²) in [6, 6.07) is 5.83. The van der Waals surface area contributed by atoms with E-state index < -0.39 is 6.10 Å². The van der Waals surface area contributed by atoms with E-state index in [0.717, 1.165) is 0 Å². The number of amides is 1. The molecule has 2 atom stereocenters.